The molecule has 2 aromatic carbocycles. The highest BCUT2D eigenvalue weighted by molar-refractivity contribution is 6.06. The van der Waals surface area contributed by atoms with Crippen molar-refractivity contribution < 1.29 is 9.53 Å². The van der Waals surface area contributed by atoms with Crippen molar-refractivity contribution in [3.63, 3.8) is 0 Å². The lowest BCUT2D eigenvalue weighted by Crippen LogP contribution is -2.12. The molecule has 0 radical (unpaired) electrons. The van der Waals surface area contributed by atoms with Gasteiger partial charge in [0.15, 0.2) is 0 Å². The molecule has 0 spiro atoms. The van der Waals surface area contributed by atoms with Crippen LogP contribution < -0.4 is 21.5 Å². The summed E-state index contributed by atoms with van der Waals surface area (Å²) >= 11 is 0. The van der Waals surface area contributed by atoms with Gasteiger partial charge in [0.2, 0.25) is 0 Å². The maximum atomic E-state index is 12.6. The Labute approximate surface area is 162 Å². The van der Waals surface area contributed by atoms with Crippen LogP contribution in [0.1, 0.15) is 29.9 Å². The molecule has 3 aromatic rings. The number of methoxy groups -OCH3 is 1. The van der Waals surface area contributed by atoms with Crippen LogP contribution >= 0.6 is 0 Å². The number of ether oxygens (including phenoxy) is 1. The zero-order chi connectivity index (χ0) is 20.3. The van der Waals surface area contributed by atoms with E-state index in [0.29, 0.717) is 28.7 Å². The SMILES string of the molecule is COc1cc2cc(C(=O)Nc3ccc(/C(C)=N\N=C(C)N)cc3)[nH]c2cc1N. The number of fused-ring (bicyclic) bond motifs is 1. The number of anilines is 2. The number of amides is 1. The van der Waals surface area contributed by atoms with E-state index in [1.807, 2.05) is 19.1 Å². The fourth-order valence-corrected chi connectivity index (χ4v) is 2.68. The second-order valence-electron chi connectivity index (χ2n) is 6.32. The third kappa shape index (κ3) is 4.12. The zero-order valence-corrected chi connectivity index (χ0v) is 15.9. The predicted octanol–water partition coefficient (Wildman–Crippen LogP) is 3.11. The summed E-state index contributed by atoms with van der Waals surface area (Å²) in [5.41, 5.74) is 15.4. The van der Waals surface area contributed by atoms with Crippen molar-refractivity contribution in [2.75, 3.05) is 18.2 Å². The van der Waals surface area contributed by atoms with Crippen LogP contribution in [0.2, 0.25) is 0 Å². The Hall–Kier alpha value is -3.81. The van der Waals surface area contributed by atoms with Crippen molar-refractivity contribution in [1.82, 2.24) is 4.98 Å². The maximum absolute atomic E-state index is 12.6. The molecule has 0 unspecified atom stereocenters. The van der Waals surface area contributed by atoms with Gasteiger partial charge in [0.1, 0.15) is 17.3 Å². The minimum absolute atomic E-state index is 0.254. The average molecular weight is 378 g/mol. The van der Waals surface area contributed by atoms with E-state index in [9.17, 15) is 4.79 Å². The van der Waals surface area contributed by atoms with Crippen LogP contribution in [-0.4, -0.2) is 29.5 Å². The first-order valence-corrected chi connectivity index (χ1v) is 8.59. The molecule has 28 heavy (non-hydrogen) atoms. The first-order chi connectivity index (χ1) is 13.4. The minimum atomic E-state index is -0.254. The summed E-state index contributed by atoms with van der Waals surface area (Å²) < 4.78 is 5.22. The van der Waals surface area contributed by atoms with Crippen LogP contribution in [0.5, 0.6) is 5.75 Å². The molecule has 0 aliphatic heterocycles. The number of nitrogen functional groups attached to an aromatic ring is 1. The average Bonchev–Trinajstić information content (AvgIpc) is 3.08. The molecule has 0 fully saturated rings. The Kier molecular flexibility index (Phi) is 5.30. The van der Waals surface area contributed by atoms with Crippen molar-refractivity contribution in [3.8, 4) is 5.75 Å². The van der Waals surface area contributed by atoms with E-state index >= 15 is 0 Å². The Morgan fingerprint density at radius 3 is 2.46 bits per heavy atom. The highest BCUT2D eigenvalue weighted by Gasteiger charge is 2.12. The monoisotopic (exact) mass is 378 g/mol. The Morgan fingerprint density at radius 2 is 1.82 bits per heavy atom. The van der Waals surface area contributed by atoms with Crippen LogP contribution in [-0.2, 0) is 0 Å². The summed E-state index contributed by atoms with van der Waals surface area (Å²) in [6.45, 7) is 3.51. The number of amidine groups is 1. The Morgan fingerprint density at radius 1 is 1.11 bits per heavy atom. The van der Waals surface area contributed by atoms with Gasteiger partial charge in [-0.3, -0.25) is 4.79 Å². The highest BCUT2D eigenvalue weighted by Crippen LogP contribution is 2.28. The van der Waals surface area contributed by atoms with Gasteiger partial charge in [-0.2, -0.15) is 5.10 Å². The number of nitrogens with one attached hydrogen (secondary N) is 2. The molecule has 0 bridgehead atoms. The van der Waals surface area contributed by atoms with Crippen molar-refractivity contribution in [2.24, 2.45) is 15.9 Å². The van der Waals surface area contributed by atoms with Gasteiger partial charge in [0.05, 0.1) is 18.5 Å². The van der Waals surface area contributed by atoms with Crippen molar-refractivity contribution in [2.45, 2.75) is 13.8 Å². The summed E-state index contributed by atoms with van der Waals surface area (Å²) in [5, 5.41) is 11.6. The standard InChI is InChI=1S/C20H22N6O2/c1-11(25-26-12(2)21)13-4-6-15(7-5-13)23-20(27)18-8-14-9-19(28-3)16(22)10-17(14)24-18/h4-10,24H,22H2,1-3H3,(H2,21,26)(H,23,27)/b25-11-. The zero-order valence-electron chi connectivity index (χ0n) is 15.9. The molecule has 3 rings (SSSR count). The lowest BCUT2D eigenvalue weighted by atomic mass is 10.1. The molecule has 0 saturated heterocycles. The molecule has 0 aliphatic carbocycles. The van der Waals surface area contributed by atoms with E-state index in [0.717, 1.165) is 22.2 Å². The normalized spacial score (nSPS) is 12.2. The van der Waals surface area contributed by atoms with Crippen LogP contribution in [0, 0.1) is 0 Å². The van der Waals surface area contributed by atoms with Crippen LogP contribution in [0.25, 0.3) is 10.9 Å². The summed E-state index contributed by atoms with van der Waals surface area (Å²) in [6, 6.07) is 12.6. The number of hydrogen-bond donors (Lipinski definition) is 4. The smallest absolute Gasteiger partial charge is 0.272 e. The van der Waals surface area contributed by atoms with Gasteiger partial charge < -0.3 is 26.5 Å². The van der Waals surface area contributed by atoms with Crippen molar-refractivity contribution in [1.29, 1.82) is 0 Å². The van der Waals surface area contributed by atoms with E-state index < -0.39 is 0 Å². The molecular weight excluding hydrogens is 356 g/mol. The maximum Gasteiger partial charge on any atom is 0.272 e. The van der Waals surface area contributed by atoms with E-state index in [2.05, 4.69) is 20.5 Å². The number of aromatic nitrogens is 1. The van der Waals surface area contributed by atoms with E-state index in [1.165, 1.54) is 0 Å². The lowest BCUT2D eigenvalue weighted by Gasteiger charge is -2.05. The Bertz CT molecular complexity index is 1080. The molecule has 8 heteroatoms. The molecule has 0 aliphatic rings. The van der Waals surface area contributed by atoms with E-state index in [1.54, 1.807) is 44.4 Å². The van der Waals surface area contributed by atoms with Gasteiger partial charge in [-0.25, -0.2) is 0 Å². The molecule has 1 amide bonds. The van der Waals surface area contributed by atoms with Gasteiger partial charge in [0, 0.05) is 16.6 Å². The first-order valence-electron chi connectivity index (χ1n) is 8.59. The third-order valence-corrected chi connectivity index (χ3v) is 4.13. The second kappa shape index (κ2) is 7.83. The van der Waals surface area contributed by atoms with Crippen molar-refractivity contribution in [3.05, 3.63) is 53.7 Å². The molecule has 144 valence electrons. The molecule has 0 saturated carbocycles. The Balaban J connectivity index is 1.77. The highest BCUT2D eigenvalue weighted by atomic mass is 16.5. The molecule has 0 atom stereocenters. The number of rotatable bonds is 5. The number of carbonyl (C=O) groups is 1. The number of carbonyl (C=O) groups excluding carboxylic acids is 1. The molecule has 6 N–H and O–H groups in total. The van der Waals surface area contributed by atoms with Crippen molar-refractivity contribution >= 4 is 39.7 Å². The van der Waals surface area contributed by atoms with Gasteiger partial charge >= 0.3 is 0 Å². The second-order valence-corrected chi connectivity index (χ2v) is 6.32. The number of nitrogens with zero attached hydrogens (tertiary/aromatic N) is 2. The summed E-state index contributed by atoms with van der Waals surface area (Å²) in [7, 11) is 1.55. The van der Waals surface area contributed by atoms with Gasteiger partial charge in [0.25, 0.3) is 5.91 Å². The number of hydrogen-bond acceptors (Lipinski definition) is 5. The molecule has 1 heterocycles. The third-order valence-electron chi connectivity index (χ3n) is 4.13. The largest absolute Gasteiger partial charge is 0.495 e. The predicted molar refractivity (Wildman–Crippen MR) is 113 cm³/mol. The first kappa shape index (κ1) is 19.0. The number of H-pyrrole nitrogens is 1. The van der Waals surface area contributed by atoms with Gasteiger partial charge in [-0.15, -0.1) is 5.10 Å². The molecular formula is C20H22N6O2. The lowest BCUT2D eigenvalue weighted by molar-refractivity contribution is 0.102. The number of aromatic amines is 1. The fraction of sp³-hybridized carbons (Fsp3) is 0.150. The molecule has 1 aromatic heterocycles. The summed E-state index contributed by atoms with van der Waals surface area (Å²) in [6.07, 6.45) is 0. The van der Waals surface area contributed by atoms with Crippen LogP contribution in [0.3, 0.4) is 0 Å². The number of nitrogens with two attached hydrogens (primary N) is 2. The van der Waals surface area contributed by atoms with E-state index in [4.69, 9.17) is 16.2 Å². The minimum Gasteiger partial charge on any atom is -0.495 e. The van der Waals surface area contributed by atoms with Gasteiger partial charge in [-0.05, 0) is 49.7 Å². The topological polar surface area (TPSA) is 131 Å². The quantitative estimate of drug-likeness (QED) is 0.235. The molecule has 8 nitrogen and oxygen atoms in total. The van der Waals surface area contributed by atoms with E-state index in [-0.39, 0.29) is 5.91 Å². The summed E-state index contributed by atoms with van der Waals surface area (Å²) in [4.78, 5) is 15.6. The van der Waals surface area contributed by atoms with Crippen LogP contribution in [0.4, 0.5) is 11.4 Å². The van der Waals surface area contributed by atoms with Gasteiger partial charge in [-0.1, -0.05) is 12.1 Å². The summed E-state index contributed by atoms with van der Waals surface area (Å²) in [5.74, 6) is 0.705. The number of benzene rings is 2. The fourth-order valence-electron chi connectivity index (χ4n) is 2.68. The van der Waals surface area contributed by atoms with Crippen LogP contribution in [0.15, 0.2) is 52.7 Å².